The van der Waals surface area contributed by atoms with Crippen LogP contribution in [0, 0.1) is 11.3 Å². The maximum Gasteiger partial charge on any atom is 0.0992 e. The second-order valence-electron chi connectivity index (χ2n) is 5.46. The Hall–Kier alpha value is -1.57. The predicted octanol–water partition coefficient (Wildman–Crippen LogP) is 2.39. The molecule has 1 aromatic rings. The standard InChI is InChI=1S/C16H25N3O/c1-6-19(12(2)11-18(4)5)16-9-14(10-17)7-8-15(16)13(3)20/h7-9,12-13,20H,6,11H2,1-5H3/t12?,13-/m0/s1. The van der Waals surface area contributed by atoms with E-state index in [2.05, 4.69) is 29.7 Å². The second kappa shape index (κ2) is 7.28. The van der Waals surface area contributed by atoms with E-state index in [-0.39, 0.29) is 0 Å². The Morgan fingerprint density at radius 3 is 2.40 bits per heavy atom. The van der Waals surface area contributed by atoms with Crippen LogP contribution in [-0.2, 0) is 0 Å². The van der Waals surface area contributed by atoms with Gasteiger partial charge in [0, 0.05) is 30.4 Å². The molecule has 0 saturated heterocycles. The van der Waals surface area contributed by atoms with Crippen molar-refractivity contribution in [1.82, 2.24) is 4.90 Å². The first kappa shape index (κ1) is 16.5. The van der Waals surface area contributed by atoms with E-state index in [1.54, 1.807) is 13.0 Å². The summed E-state index contributed by atoms with van der Waals surface area (Å²) in [5, 5.41) is 19.0. The number of aliphatic hydroxyl groups is 1. The van der Waals surface area contributed by atoms with Crippen LogP contribution in [-0.4, -0.2) is 43.2 Å². The maximum atomic E-state index is 9.96. The molecule has 0 spiro atoms. The van der Waals surface area contributed by atoms with E-state index in [4.69, 9.17) is 5.26 Å². The number of benzene rings is 1. The highest BCUT2D eigenvalue weighted by Crippen LogP contribution is 2.29. The molecule has 0 radical (unpaired) electrons. The van der Waals surface area contributed by atoms with Crippen LogP contribution < -0.4 is 4.90 Å². The van der Waals surface area contributed by atoms with Crippen LogP contribution in [0.2, 0.25) is 0 Å². The molecule has 110 valence electrons. The molecule has 1 N–H and O–H groups in total. The van der Waals surface area contributed by atoms with Crippen LogP contribution in [0.4, 0.5) is 5.69 Å². The number of rotatable bonds is 6. The topological polar surface area (TPSA) is 50.5 Å². The molecule has 0 aromatic heterocycles. The highest BCUT2D eigenvalue weighted by molar-refractivity contribution is 5.59. The van der Waals surface area contributed by atoms with Crippen LogP contribution in [0.25, 0.3) is 0 Å². The van der Waals surface area contributed by atoms with E-state index in [0.717, 1.165) is 24.3 Å². The lowest BCUT2D eigenvalue weighted by molar-refractivity contribution is 0.199. The van der Waals surface area contributed by atoms with E-state index < -0.39 is 6.10 Å². The molecule has 1 unspecified atom stereocenters. The molecule has 1 rings (SSSR count). The maximum absolute atomic E-state index is 9.96. The number of aliphatic hydroxyl groups excluding tert-OH is 1. The SMILES string of the molecule is CCN(c1cc(C#N)ccc1[C@H](C)O)C(C)CN(C)C. The molecule has 4 nitrogen and oxygen atoms in total. The Balaban J connectivity index is 3.21. The summed E-state index contributed by atoms with van der Waals surface area (Å²) < 4.78 is 0. The number of hydrogen-bond acceptors (Lipinski definition) is 4. The normalized spacial score (nSPS) is 13.9. The van der Waals surface area contributed by atoms with Gasteiger partial charge in [0.25, 0.3) is 0 Å². The Bertz CT molecular complexity index is 477. The third-order valence-electron chi connectivity index (χ3n) is 3.42. The van der Waals surface area contributed by atoms with Crippen molar-refractivity contribution in [2.45, 2.75) is 32.9 Å². The van der Waals surface area contributed by atoms with Gasteiger partial charge in [0.2, 0.25) is 0 Å². The zero-order chi connectivity index (χ0) is 15.3. The van der Waals surface area contributed by atoms with Crippen LogP contribution >= 0.6 is 0 Å². The number of anilines is 1. The molecule has 4 heteroatoms. The van der Waals surface area contributed by atoms with Gasteiger partial charge in [-0.3, -0.25) is 0 Å². The van der Waals surface area contributed by atoms with Crippen molar-refractivity contribution in [3.8, 4) is 6.07 Å². The fourth-order valence-corrected chi connectivity index (χ4v) is 2.56. The summed E-state index contributed by atoms with van der Waals surface area (Å²) in [6.45, 7) is 7.77. The Labute approximate surface area is 122 Å². The first-order valence-electron chi connectivity index (χ1n) is 7.04. The summed E-state index contributed by atoms with van der Waals surface area (Å²) in [6.07, 6.45) is -0.543. The first-order valence-corrected chi connectivity index (χ1v) is 7.04. The summed E-state index contributed by atoms with van der Waals surface area (Å²) in [4.78, 5) is 4.38. The smallest absolute Gasteiger partial charge is 0.0992 e. The minimum atomic E-state index is -0.543. The van der Waals surface area contributed by atoms with Crippen molar-refractivity contribution < 1.29 is 5.11 Å². The molecule has 1 aromatic carbocycles. The third-order valence-corrected chi connectivity index (χ3v) is 3.42. The fraction of sp³-hybridized carbons (Fsp3) is 0.562. The van der Waals surface area contributed by atoms with Crippen molar-refractivity contribution in [2.75, 3.05) is 32.1 Å². The van der Waals surface area contributed by atoms with E-state index in [0.29, 0.717) is 11.6 Å². The van der Waals surface area contributed by atoms with Crippen LogP contribution in [0.5, 0.6) is 0 Å². The van der Waals surface area contributed by atoms with Gasteiger partial charge in [-0.2, -0.15) is 5.26 Å². The largest absolute Gasteiger partial charge is 0.389 e. The van der Waals surface area contributed by atoms with Crippen LogP contribution in [0.15, 0.2) is 18.2 Å². The lowest BCUT2D eigenvalue weighted by atomic mass is 10.0. The highest BCUT2D eigenvalue weighted by atomic mass is 16.3. The van der Waals surface area contributed by atoms with Crippen molar-refractivity contribution in [1.29, 1.82) is 5.26 Å². The van der Waals surface area contributed by atoms with Gasteiger partial charge < -0.3 is 14.9 Å². The molecule has 0 aliphatic rings. The molecule has 20 heavy (non-hydrogen) atoms. The summed E-state index contributed by atoms with van der Waals surface area (Å²) >= 11 is 0. The second-order valence-corrected chi connectivity index (χ2v) is 5.46. The Morgan fingerprint density at radius 2 is 1.95 bits per heavy atom. The fourth-order valence-electron chi connectivity index (χ4n) is 2.56. The number of likely N-dealkylation sites (N-methyl/N-ethyl adjacent to an activating group) is 2. The summed E-state index contributed by atoms with van der Waals surface area (Å²) in [7, 11) is 4.09. The molecule has 0 fully saturated rings. The van der Waals surface area contributed by atoms with E-state index in [1.807, 2.05) is 26.2 Å². The van der Waals surface area contributed by atoms with Crippen LogP contribution in [0.1, 0.15) is 38.0 Å². The summed E-state index contributed by atoms with van der Waals surface area (Å²) in [6, 6.07) is 7.96. The molecule has 2 atom stereocenters. The van der Waals surface area contributed by atoms with Crippen molar-refractivity contribution in [2.24, 2.45) is 0 Å². The zero-order valence-electron chi connectivity index (χ0n) is 13.1. The monoisotopic (exact) mass is 275 g/mol. The molecule has 0 saturated carbocycles. The van der Waals surface area contributed by atoms with E-state index in [1.165, 1.54) is 0 Å². The quantitative estimate of drug-likeness (QED) is 0.866. The van der Waals surface area contributed by atoms with Gasteiger partial charge >= 0.3 is 0 Å². The molecular formula is C16H25N3O. The first-order chi connectivity index (χ1) is 9.40. The van der Waals surface area contributed by atoms with E-state index >= 15 is 0 Å². The van der Waals surface area contributed by atoms with Gasteiger partial charge in [-0.1, -0.05) is 6.07 Å². The molecule has 0 bridgehead atoms. The predicted molar refractivity (Wildman–Crippen MR) is 82.8 cm³/mol. The van der Waals surface area contributed by atoms with Crippen molar-refractivity contribution >= 4 is 5.69 Å². The molecular weight excluding hydrogens is 250 g/mol. The van der Waals surface area contributed by atoms with Gasteiger partial charge in [0.1, 0.15) is 0 Å². The molecule has 0 aliphatic heterocycles. The van der Waals surface area contributed by atoms with Gasteiger partial charge in [-0.15, -0.1) is 0 Å². The molecule has 0 amide bonds. The minimum Gasteiger partial charge on any atom is -0.389 e. The van der Waals surface area contributed by atoms with Gasteiger partial charge in [-0.05, 0) is 47.0 Å². The highest BCUT2D eigenvalue weighted by Gasteiger charge is 2.19. The summed E-state index contributed by atoms with van der Waals surface area (Å²) in [5.41, 5.74) is 2.45. The van der Waals surface area contributed by atoms with Gasteiger partial charge in [-0.25, -0.2) is 0 Å². The Morgan fingerprint density at radius 1 is 1.30 bits per heavy atom. The minimum absolute atomic E-state index is 0.307. The molecule has 0 heterocycles. The van der Waals surface area contributed by atoms with Gasteiger partial charge in [0.05, 0.1) is 17.7 Å². The van der Waals surface area contributed by atoms with Crippen molar-refractivity contribution in [3.05, 3.63) is 29.3 Å². The number of nitrogens with zero attached hydrogens (tertiary/aromatic N) is 3. The summed E-state index contributed by atoms with van der Waals surface area (Å²) in [5.74, 6) is 0. The third kappa shape index (κ3) is 3.96. The lowest BCUT2D eigenvalue weighted by Crippen LogP contribution is -2.40. The Kier molecular flexibility index (Phi) is 6.00. The number of hydrogen-bond donors (Lipinski definition) is 1. The van der Waals surface area contributed by atoms with Gasteiger partial charge in [0.15, 0.2) is 0 Å². The lowest BCUT2D eigenvalue weighted by Gasteiger charge is -2.34. The molecule has 0 aliphatic carbocycles. The van der Waals surface area contributed by atoms with E-state index in [9.17, 15) is 5.11 Å². The van der Waals surface area contributed by atoms with Crippen LogP contribution in [0.3, 0.4) is 0 Å². The zero-order valence-corrected chi connectivity index (χ0v) is 13.1. The number of nitriles is 1. The average molecular weight is 275 g/mol. The average Bonchev–Trinajstić information content (AvgIpc) is 2.38. The van der Waals surface area contributed by atoms with Crippen molar-refractivity contribution in [3.63, 3.8) is 0 Å².